The largest absolute Gasteiger partial charge is 0.465 e. The highest BCUT2D eigenvalue weighted by atomic mass is 32.2. The summed E-state index contributed by atoms with van der Waals surface area (Å²) < 4.78 is 44.5. The van der Waals surface area contributed by atoms with Crippen molar-refractivity contribution in [1.82, 2.24) is 9.97 Å². The molecule has 0 atom stereocenters. The minimum absolute atomic E-state index is 0.239. The third-order valence-electron chi connectivity index (χ3n) is 5.29. The summed E-state index contributed by atoms with van der Waals surface area (Å²) >= 11 is 2.43. The molecule has 10 heteroatoms. The van der Waals surface area contributed by atoms with Crippen LogP contribution in [0.2, 0.25) is 0 Å². The van der Waals surface area contributed by atoms with E-state index in [1.165, 1.54) is 24.5 Å². The van der Waals surface area contributed by atoms with Crippen LogP contribution in [0.1, 0.15) is 37.7 Å². The second kappa shape index (κ2) is 9.71. The van der Waals surface area contributed by atoms with Gasteiger partial charge >= 0.3 is 12.1 Å². The van der Waals surface area contributed by atoms with E-state index in [4.69, 9.17) is 4.74 Å². The van der Waals surface area contributed by atoms with Gasteiger partial charge in [0.2, 0.25) is 0 Å². The van der Waals surface area contributed by atoms with Crippen LogP contribution < -0.4 is 5.56 Å². The van der Waals surface area contributed by atoms with Crippen molar-refractivity contribution in [1.29, 1.82) is 0 Å². The Hall–Kier alpha value is -3.37. The monoisotopic (exact) mass is 516 g/mol. The number of thioether (sulfide) groups is 1. The molecule has 2 heterocycles. The maximum Gasteiger partial charge on any atom is 0.416 e. The van der Waals surface area contributed by atoms with Crippen molar-refractivity contribution in [2.75, 3.05) is 7.11 Å². The van der Waals surface area contributed by atoms with Gasteiger partial charge in [0.25, 0.3) is 5.56 Å². The minimum atomic E-state index is -4.48. The van der Waals surface area contributed by atoms with Gasteiger partial charge in [-0.3, -0.25) is 4.79 Å². The summed E-state index contributed by atoms with van der Waals surface area (Å²) in [5, 5.41) is 0.502. The Morgan fingerprint density at radius 2 is 1.86 bits per heavy atom. The third kappa shape index (κ3) is 5.33. The predicted octanol–water partition coefficient (Wildman–Crippen LogP) is 6.70. The van der Waals surface area contributed by atoms with E-state index in [-0.39, 0.29) is 11.4 Å². The number of H-pyrrole nitrogens is 1. The number of aryl methyl sites for hydroxylation is 2. The lowest BCUT2D eigenvalue weighted by Crippen LogP contribution is -2.10. The van der Waals surface area contributed by atoms with Gasteiger partial charge in [0.05, 0.1) is 28.5 Å². The molecule has 0 spiro atoms. The molecular formula is C25H19F3N2O3S2. The van der Waals surface area contributed by atoms with E-state index in [0.717, 1.165) is 34.3 Å². The molecule has 0 aliphatic carbocycles. The van der Waals surface area contributed by atoms with Crippen molar-refractivity contribution >= 4 is 50.3 Å². The molecule has 0 bridgehead atoms. The third-order valence-corrected chi connectivity index (χ3v) is 7.41. The Morgan fingerprint density at radius 3 is 2.51 bits per heavy atom. The normalized spacial score (nSPS) is 12.2. The number of carbonyl (C=O) groups is 1. The lowest BCUT2D eigenvalue weighted by atomic mass is 10.1. The van der Waals surface area contributed by atoms with Crippen molar-refractivity contribution in [3.05, 3.63) is 91.8 Å². The van der Waals surface area contributed by atoms with Gasteiger partial charge in [-0.25, -0.2) is 9.78 Å². The molecule has 4 rings (SSSR count). The van der Waals surface area contributed by atoms with E-state index in [1.54, 1.807) is 36.4 Å². The fourth-order valence-corrected chi connectivity index (χ4v) is 5.37. The molecule has 0 unspecified atom stereocenters. The molecule has 2 aromatic carbocycles. The van der Waals surface area contributed by atoms with E-state index in [2.05, 4.69) is 9.97 Å². The standard InChI is InChI=1S/C25H19F3N2O3S2/c1-13-14(2)34-23-20(13)22(31)29-21(30-23)19(11-15-7-9-16(10-8-15)24(32)33-3)35-18-6-4-5-17(12-18)25(26,27)28/h4-12H,1-3H3,(H,29,30,31)/b19-11+. The molecule has 0 fully saturated rings. The number of benzene rings is 2. The van der Waals surface area contributed by atoms with E-state index in [9.17, 15) is 22.8 Å². The van der Waals surface area contributed by atoms with Crippen molar-refractivity contribution in [2.45, 2.75) is 24.9 Å². The number of thiophene rings is 1. The number of fused-ring (bicyclic) bond motifs is 1. The minimum Gasteiger partial charge on any atom is -0.465 e. The van der Waals surface area contributed by atoms with Gasteiger partial charge in [0.1, 0.15) is 10.7 Å². The summed E-state index contributed by atoms with van der Waals surface area (Å²) in [7, 11) is 1.28. The number of hydrogen-bond donors (Lipinski definition) is 1. The van der Waals surface area contributed by atoms with Crippen molar-refractivity contribution in [3.8, 4) is 0 Å². The number of alkyl halides is 3. The van der Waals surface area contributed by atoms with Crippen LogP contribution in [0.3, 0.4) is 0 Å². The zero-order valence-corrected chi connectivity index (χ0v) is 20.5. The van der Waals surface area contributed by atoms with Crippen molar-refractivity contribution < 1.29 is 22.7 Å². The molecule has 0 radical (unpaired) electrons. The Balaban J connectivity index is 1.83. The molecule has 35 heavy (non-hydrogen) atoms. The summed E-state index contributed by atoms with van der Waals surface area (Å²) in [6.45, 7) is 3.75. The first-order chi connectivity index (χ1) is 16.6. The number of nitrogens with zero attached hydrogens (tertiary/aromatic N) is 1. The van der Waals surface area contributed by atoms with Gasteiger partial charge in [-0.1, -0.05) is 30.0 Å². The summed E-state index contributed by atoms with van der Waals surface area (Å²) in [5.41, 5.74) is 0.775. The zero-order valence-electron chi connectivity index (χ0n) is 18.8. The van der Waals surface area contributed by atoms with Crippen LogP contribution in [-0.4, -0.2) is 23.0 Å². The first-order valence-electron chi connectivity index (χ1n) is 10.3. The molecule has 0 aliphatic rings. The number of hydrogen-bond acceptors (Lipinski definition) is 6. The fraction of sp³-hybridized carbons (Fsp3) is 0.160. The highest BCUT2D eigenvalue weighted by Gasteiger charge is 2.30. The van der Waals surface area contributed by atoms with Crippen molar-refractivity contribution in [3.63, 3.8) is 0 Å². The lowest BCUT2D eigenvalue weighted by Gasteiger charge is -2.11. The van der Waals surface area contributed by atoms with Crippen LogP contribution in [-0.2, 0) is 10.9 Å². The topological polar surface area (TPSA) is 72.0 Å². The number of halogens is 3. The quantitative estimate of drug-likeness (QED) is 0.236. The average Bonchev–Trinajstić information content (AvgIpc) is 3.12. The number of methoxy groups -OCH3 is 1. The van der Waals surface area contributed by atoms with Gasteiger partial charge < -0.3 is 9.72 Å². The maximum atomic E-state index is 13.3. The number of ether oxygens (including phenoxy) is 1. The molecule has 4 aromatic rings. The second-order valence-corrected chi connectivity index (χ2v) is 9.95. The Bertz CT molecular complexity index is 1500. The van der Waals surface area contributed by atoms with Crippen LogP contribution in [0.25, 0.3) is 21.2 Å². The Morgan fingerprint density at radius 1 is 1.14 bits per heavy atom. The first-order valence-corrected chi connectivity index (χ1v) is 12.0. The number of carbonyl (C=O) groups excluding carboxylic acids is 1. The van der Waals surface area contributed by atoms with E-state index < -0.39 is 17.7 Å². The van der Waals surface area contributed by atoms with Gasteiger partial charge in [0.15, 0.2) is 0 Å². The molecule has 2 aromatic heterocycles. The first kappa shape index (κ1) is 24.7. The van der Waals surface area contributed by atoms with Crippen LogP contribution in [0.15, 0.2) is 58.2 Å². The average molecular weight is 517 g/mol. The van der Waals surface area contributed by atoms with Gasteiger partial charge in [-0.2, -0.15) is 13.2 Å². The Kier molecular flexibility index (Phi) is 6.86. The van der Waals surface area contributed by atoms with E-state index in [0.29, 0.717) is 31.1 Å². The van der Waals surface area contributed by atoms with Gasteiger partial charge in [-0.05, 0) is 61.4 Å². The predicted molar refractivity (Wildman–Crippen MR) is 133 cm³/mol. The molecule has 180 valence electrons. The van der Waals surface area contributed by atoms with E-state index in [1.807, 2.05) is 13.8 Å². The van der Waals surface area contributed by atoms with Crippen LogP contribution in [0, 0.1) is 13.8 Å². The number of aromatic amines is 1. The second-order valence-electron chi connectivity index (χ2n) is 7.63. The maximum absolute atomic E-state index is 13.3. The molecule has 0 amide bonds. The van der Waals surface area contributed by atoms with Crippen LogP contribution in [0.5, 0.6) is 0 Å². The summed E-state index contributed by atoms with van der Waals surface area (Å²) in [6.07, 6.45) is -2.79. The molecule has 0 saturated heterocycles. The smallest absolute Gasteiger partial charge is 0.416 e. The molecule has 5 nitrogen and oxygen atoms in total. The summed E-state index contributed by atoms with van der Waals surface area (Å²) in [4.78, 5) is 34.3. The van der Waals surface area contributed by atoms with Gasteiger partial charge in [-0.15, -0.1) is 11.3 Å². The molecular weight excluding hydrogens is 497 g/mol. The fourth-order valence-electron chi connectivity index (χ4n) is 3.37. The molecule has 0 saturated carbocycles. The van der Waals surface area contributed by atoms with E-state index >= 15 is 0 Å². The lowest BCUT2D eigenvalue weighted by molar-refractivity contribution is -0.137. The highest BCUT2D eigenvalue weighted by molar-refractivity contribution is 8.08. The number of nitrogens with one attached hydrogen (secondary N) is 1. The number of rotatable bonds is 5. The van der Waals surface area contributed by atoms with Crippen LogP contribution in [0.4, 0.5) is 13.2 Å². The summed E-state index contributed by atoms with van der Waals surface area (Å²) in [6, 6.07) is 11.5. The summed E-state index contributed by atoms with van der Waals surface area (Å²) in [5.74, 6) is -0.248. The zero-order chi connectivity index (χ0) is 25.3. The van der Waals surface area contributed by atoms with Crippen molar-refractivity contribution in [2.24, 2.45) is 0 Å². The highest BCUT2D eigenvalue weighted by Crippen LogP contribution is 2.38. The molecule has 0 aliphatic heterocycles. The Labute approximate surface area is 206 Å². The van der Waals surface area contributed by atoms with Crippen LogP contribution >= 0.6 is 23.1 Å². The molecule has 1 N–H and O–H groups in total. The number of aromatic nitrogens is 2. The van der Waals surface area contributed by atoms with Gasteiger partial charge in [0, 0.05) is 9.77 Å². The SMILES string of the molecule is COC(=O)c1ccc(/C=C(/Sc2cccc(C(F)(F)F)c2)c2nc3sc(C)c(C)c3c(=O)[nH]2)cc1. The number of esters is 1.